The van der Waals surface area contributed by atoms with Crippen LogP contribution in [-0.4, -0.2) is 36.9 Å². The number of carbonyl (C=O) groups is 2. The Balaban J connectivity index is 1.78. The molecule has 1 atom stereocenters. The smallest absolute Gasteiger partial charge is 0.238 e. The van der Waals surface area contributed by atoms with Gasteiger partial charge in [-0.3, -0.25) is 14.5 Å². The van der Waals surface area contributed by atoms with E-state index < -0.39 is 0 Å². The third-order valence-electron chi connectivity index (χ3n) is 4.43. The van der Waals surface area contributed by atoms with Crippen LogP contribution in [0, 0.1) is 6.92 Å². The monoisotopic (exact) mass is 367 g/mol. The summed E-state index contributed by atoms with van der Waals surface area (Å²) < 4.78 is 0. The van der Waals surface area contributed by atoms with Crippen LogP contribution in [0.3, 0.4) is 0 Å². The third kappa shape index (κ3) is 6.87. The summed E-state index contributed by atoms with van der Waals surface area (Å²) >= 11 is 0. The first-order chi connectivity index (χ1) is 12.9. The number of amides is 2. The average Bonchev–Trinajstić information content (AvgIpc) is 2.63. The highest BCUT2D eigenvalue weighted by Crippen LogP contribution is 2.13. The van der Waals surface area contributed by atoms with Gasteiger partial charge in [0.2, 0.25) is 11.8 Å². The van der Waals surface area contributed by atoms with Gasteiger partial charge in [0.1, 0.15) is 0 Å². The molecule has 0 spiro atoms. The SMILES string of the molecule is CCc1ccc(C(C)NC(=O)CN(C)CC(=O)Nc2ccc(C)cc2)cc1. The van der Waals surface area contributed by atoms with Crippen LogP contribution in [0.2, 0.25) is 0 Å². The average molecular weight is 367 g/mol. The highest BCUT2D eigenvalue weighted by atomic mass is 16.2. The van der Waals surface area contributed by atoms with E-state index in [1.54, 1.807) is 11.9 Å². The van der Waals surface area contributed by atoms with E-state index in [-0.39, 0.29) is 30.9 Å². The van der Waals surface area contributed by atoms with Gasteiger partial charge in [0.15, 0.2) is 0 Å². The highest BCUT2D eigenvalue weighted by Gasteiger charge is 2.14. The molecule has 0 saturated heterocycles. The molecule has 2 aromatic rings. The quantitative estimate of drug-likeness (QED) is 0.752. The summed E-state index contributed by atoms with van der Waals surface area (Å²) in [6.07, 6.45) is 0.996. The topological polar surface area (TPSA) is 61.4 Å². The van der Waals surface area contributed by atoms with Gasteiger partial charge in [0.05, 0.1) is 19.1 Å². The van der Waals surface area contributed by atoms with Crippen LogP contribution in [-0.2, 0) is 16.0 Å². The van der Waals surface area contributed by atoms with Crippen molar-refractivity contribution in [3.05, 3.63) is 65.2 Å². The maximum atomic E-state index is 12.3. The predicted molar refractivity (Wildman–Crippen MR) is 110 cm³/mol. The lowest BCUT2D eigenvalue weighted by atomic mass is 10.1. The van der Waals surface area contributed by atoms with E-state index in [2.05, 4.69) is 29.7 Å². The molecule has 5 heteroatoms. The van der Waals surface area contributed by atoms with Crippen molar-refractivity contribution in [2.75, 3.05) is 25.5 Å². The predicted octanol–water partition coefficient (Wildman–Crippen LogP) is 3.31. The molecule has 0 aromatic heterocycles. The van der Waals surface area contributed by atoms with Gasteiger partial charge < -0.3 is 10.6 Å². The Kier molecular flexibility index (Phi) is 7.55. The molecule has 1 unspecified atom stereocenters. The van der Waals surface area contributed by atoms with E-state index in [1.807, 2.05) is 50.2 Å². The molecule has 0 aliphatic carbocycles. The molecular formula is C22H29N3O2. The Morgan fingerprint density at radius 3 is 2.15 bits per heavy atom. The van der Waals surface area contributed by atoms with Gasteiger partial charge in [-0.2, -0.15) is 0 Å². The van der Waals surface area contributed by atoms with E-state index in [4.69, 9.17) is 0 Å². The summed E-state index contributed by atoms with van der Waals surface area (Å²) in [5.41, 5.74) is 4.24. The summed E-state index contributed by atoms with van der Waals surface area (Å²) in [6.45, 7) is 6.39. The molecule has 144 valence electrons. The van der Waals surface area contributed by atoms with Gasteiger partial charge in [0, 0.05) is 5.69 Å². The van der Waals surface area contributed by atoms with Crippen molar-refractivity contribution >= 4 is 17.5 Å². The lowest BCUT2D eigenvalue weighted by Gasteiger charge is -2.19. The number of hydrogen-bond donors (Lipinski definition) is 2. The number of aryl methyl sites for hydroxylation is 2. The number of nitrogens with zero attached hydrogens (tertiary/aromatic N) is 1. The lowest BCUT2D eigenvalue weighted by molar-refractivity contribution is -0.123. The molecule has 0 aliphatic rings. The second-order valence-corrected chi connectivity index (χ2v) is 6.97. The number of carbonyl (C=O) groups excluding carboxylic acids is 2. The van der Waals surface area contributed by atoms with Gasteiger partial charge >= 0.3 is 0 Å². The molecule has 0 fully saturated rings. The minimum absolute atomic E-state index is 0.0711. The fourth-order valence-electron chi connectivity index (χ4n) is 2.80. The number of benzene rings is 2. The fraction of sp³-hybridized carbons (Fsp3) is 0.364. The molecule has 5 nitrogen and oxygen atoms in total. The number of nitrogens with one attached hydrogen (secondary N) is 2. The first kappa shape index (κ1) is 20.6. The molecular weight excluding hydrogens is 338 g/mol. The summed E-state index contributed by atoms with van der Waals surface area (Å²) in [6, 6.07) is 15.8. The van der Waals surface area contributed by atoms with Crippen molar-refractivity contribution in [2.24, 2.45) is 0 Å². The van der Waals surface area contributed by atoms with Crippen LogP contribution in [0.1, 0.15) is 36.6 Å². The Morgan fingerprint density at radius 1 is 0.963 bits per heavy atom. The van der Waals surface area contributed by atoms with Crippen molar-refractivity contribution < 1.29 is 9.59 Å². The van der Waals surface area contributed by atoms with Crippen LogP contribution in [0.25, 0.3) is 0 Å². The zero-order valence-corrected chi connectivity index (χ0v) is 16.6. The summed E-state index contributed by atoms with van der Waals surface area (Å²) in [5, 5.41) is 5.82. The number of rotatable bonds is 8. The van der Waals surface area contributed by atoms with Gasteiger partial charge in [-0.1, -0.05) is 48.9 Å². The molecule has 0 heterocycles. The molecule has 0 saturated carbocycles. The lowest BCUT2D eigenvalue weighted by Crippen LogP contribution is -2.39. The van der Waals surface area contributed by atoms with E-state index in [0.717, 1.165) is 23.2 Å². The van der Waals surface area contributed by atoms with Gasteiger partial charge in [-0.05, 0) is 50.6 Å². The summed E-state index contributed by atoms with van der Waals surface area (Å²) in [7, 11) is 1.76. The number of hydrogen-bond acceptors (Lipinski definition) is 3. The first-order valence-electron chi connectivity index (χ1n) is 9.30. The third-order valence-corrected chi connectivity index (χ3v) is 4.43. The number of likely N-dealkylation sites (N-methyl/N-ethyl adjacent to an activating group) is 1. The van der Waals surface area contributed by atoms with Crippen molar-refractivity contribution in [2.45, 2.75) is 33.2 Å². The van der Waals surface area contributed by atoms with Crippen molar-refractivity contribution in [3.8, 4) is 0 Å². The largest absolute Gasteiger partial charge is 0.348 e. The molecule has 2 rings (SSSR count). The Labute approximate surface area is 161 Å². The standard InChI is InChI=1S/C22H29N3O2/c1-5-18-8-10-19(11-9-18)17(3)23-21(26)14-25(4)15-22(27)24-20-12-6-16(2)7-13-20/h6-13,17H,5,14-15H2,1-4H3,(H,23,26)(H,24,27). The van der Waals surface area contributed by atoms with E-state index in [9.17, 15) is 9.59 Å². The summed E-state index contributed by atoms with van der Waals surface area (Å²) in [4.78, 5) is 26.1. The zero-order valence-electron chi connectivity index (χ0n) is 16.6. The highest BCUT2D eigenvalue weighted by molar-refractivity contribution is 5.92. The van der Waals surface area contributed by atoms with Crippen LogP contribution < -0.4 is 10.6 Å². The van der Waals surface area contributed by atoms with Crippen molar-refractivity contribution in [1.29, 1.82) is 0 Å². The van der Waals surface area contributed by atoms with Crippen LogP contribution >= 0.6 is 0 Å². The van der Waals surface area contributed by atoms with E-state index in [0.29, 0.717) is 0 Å². The molecule has 2 N–H and O–H groups in total. The molecule has 2 aromatic carbocycles. The Morgan fingerprint density at radius 2 is 1.56 bits per heavy atom. The first-order valence-corrected chi connectivity index (χ1v) is 9.30. The molecule has 0 bridgehead atoms. The second kappa shape index (κ2) is 9.88. The van der Waals surface area contributed by atoms with E-state index >= 15 is 0 Å². The van der Waals surface area contributed by atoms with Gasteiger partial charge in [-0.15, -0.1) is 0 Å². The van der Waals surface area contributed by atoms with E-state index in [1.165, 1.54) is 5.56 Å². The van der Waals surface area contributed by atoms with Crippen molar-refractivity contribution in [1.82, 2.24) is 10.2 Å². The maximum Gasteiger partial charge on any atom is 0.238 e. The van der Waals surface area contributed by atoms with Gasteiger partial charge in [-0.25, -0.2) is 0 Å². The molecule has 27 heavy (non-hydrogen) atoms. The minimum Gasteiger partial charge on any atom is -0.348 e. The maximum absolute atomic E-state index is 12.3. The van der Waals surface area contributed by atoms with Crippen LogP contribution in [0.5, 0.6) is 0 Å². The fourth-order valence-corrected chi connectivity index (χ4v) is 2.80. The summed E-state index contributed by atoms with van der Waals surface area (Å²) in [5.74, 6) is -0.245. The Bertz CT molecular complexity index is 754. The molecule has 0 radical (unpaired) electrons. The van der Waals surface area contributed by atoms with Crippen LogP contribution in [0.4, 0.5) is 5.69 Å². The molecule has 2 amide bonds. The number of anilines is 1. The molecule has 0 aliphatic heterocycles. The second-order valence-electron chi connectivity index (χ2n) is 6.97. The Hall–Kier alpha value is -2.66. The van der Waals surface area contributed by atoms with Crippen LogP contribution in [0.15, 0.2) is 48.5 Å². The zero-order chi connectivity index (χ0) is 19.8. The van der Waals surface area contributed by atoms with Gasteiger partial charge in [0.25, 0.3) is 0 Å². The normalized spacial score (nSPS) is 11.9. The minimum atomic E-state index is -0.141. The van der Waals surface area contributed by atoms with Crippen molar-refractivity contribution in [3.63, 3.8) is 0 Å².